The fraction of sp³-hybridized carbons (Fsp3) is 0.273. The van der Waals surface area contributed by atoms with E-state index in [1.807, 2.05) is 0 Å². The Bertz CT molecular complexity index is 867. The maximum atomic E-state index is 12.1. The Morgan fingerprint density at radius 3 is 2.32 bits per heavy atom. The number of hydrogen-bond acceptors (Lipinski definition) is 6. The lowest BCUT2D eigenvalue weighted by atomic mass is 10.1. The zero-order valence-corrected chi connectivity index (χ0v) is 16.4. The van der Waals surface area contributed by atoms with Gasteiger partial charge in [0.25, 0.3) is 0 Å². The van der Waals surface area contributed by atoms with Crippen molar-refractivity contribution in [3.63, 3.8) is 0 Å². The highest BCUT2D eigenvalue weighted by molar-refractivity contribution is 6.12. The van der Waals surface area contributed by atoms with Gasteiger partial charge in [-0.2, -0.15) is 0 Å². The van der Waals surface area contributed by atoms with E-state index in [1.54, 1.807) is 82.3 Å². The van der Waals surface area contributed by atoms with Crippen molar-refractivity contribution in [3.8, 4) is 11.5 Å². The third-order valence-corrected chi connectivity index (χ3v) is 3.81. The summed E-state index contributed by atoms with van der Waals surface area (Å²) >= 11 is 0. The van der Waals surface area contributed by atoms with Gasteiger partial charge in [0.05, 0.1) is 6.10 Å². The van der Waals surface area contributed by atoms with Crippen LogP contribution in [-0.4, -0.2) is 33.7 Å². The van der Waals surface area contributed by atoms with Crippen LogP contribution in [0.1, 0.15) is 38.8 Å². The Labute approximate surface area is 164 Å². The Morgan fingerprint density at radius 1 is 1.11 bits per heavy atom. The number of benzene rings is 2. The molecule has 0 amide bonds. The van der Waals surface area contributed by atoms with Gasteiger partial charge in [0, 0.05) is 5.56 Å². The molecule has 2 rings (SSSR count). The minimum Gasteiger partial charge on any atom is -0.507 e. The molecule has 0 saturated carbocycles. The van der Waals surface area contributed by atoms with E-state index in [0.717, 1.165) is 5.56 Å². The van der Waals surface area contributed by atoms with E-state index in [0.29, 0.717) is 11.3 Å². The standard InChI is InChI=1S/C22H25NO5/c1-15(2)27-21(25)22(3,4)28-17-12-9-16(10-13-17)11-14-19(23-26)18-7-5-6-8-20(18)24/h5-15,24,26H,1-4H3/b14-11+,23-19-. The molecule has 0 aromatic heterocycles. The first-order chi connectivity index (χ1) is 13.2. The van der Waals surface area contributed by atoms with Crippen LogP contribution in [0.2, 0.25) is 0 Å². The van der Waals surface area contributed by atoms with Gasteiger partial charge in [0.15, 0.2) is 5.60 Å². The van der Waals surface area contributed by atoms with Gasteiger partial charge in [-0.15, -0.1) is 0 Å². The lowest BCUT2D eigenvalue weighted by Crippen LogP contribution is -2.40. The summed E-state index contributed by atoms with van der Waals surface area (Å²) < 4.78 is 11.0. The van der Waals surface area contributed by atoms with Crippen molar-refractivity contribution in [1.82, 2.24) is 0 Å². The Morgan fingerprint density at radius 2 is 1.75 bits per heavy atom. The van der Waals surface area contributed by atoms with Gasteiger partial charge >= 0.3 is 5.97 Å². The number of oxime groups is 1. The molecule has 0 aliphatic rings. The number of nitrogens with zero attached hydrogens (tertiary/aromatic N) is 1. The Kier molecular flexibility index (Phi) is 6.82. The van der Waals surface area contributed by atoms with Crippen LogP contribution in [0, 0.1) is 0 Å². The number of hydrogen-bond donors (Lipinski definition) is 2. The van der Waals surface area contributed by atoms with Gasteiger partial charge in [0.2, 0.25) is 0 Å². The Hall–Kier alpha value is -3.28. The average Bonchev–Trinajstić information content (AvgIpc) is 2.64. The molecule has 0 unspecified atom stereocenters. The van der Waals surface area contributed by atoms with E-state index in [2.05, 4.69) is 5.16 Å². The molecule has 2 aromatic carbocycles. The first kappa shape index (κ1) is 21.0. The number of rotatable bonds is 7. The van der Waals surface area contributed by atoms with E-state index >= 15 is 0 Å². The van der Waals surface area contributed by atoms with Gasteiger partial charge in [-0.25, -0.2) is 4.79 Å². The van der Waals surface area contributed by atoms with Gasteiger partial charge in [-0.1, -0.05) is 35.5 Å². The fourth-order valence-corrected chi connectivity index (χ4v) is 2.38. The van der Waals surface area contributed by atoms with Gasteiger partial charge in [-0.05, 0) is 63.6 Å². The lowest BCUT2D eigenvalue weighted by Gasteiger charge is -2.25. The van der Waals surface area contributed by atoms with Gasteiger partial charge < -0.3 is 19.8 Å². The van der Waals surface area contributed by atoms with Crippen molar-refractivity contribution in [1.29, 1.82) is 0 Å². The maximum absolute atomic E-state index is 12.1. The summed E-state index contributed by atoms with van der Waals surface area (Å²) in [4.78, 5) is 12.1. The average molecular weight is 383 g/mol. The summed E-state index contributed by atoms with van der Waals surface area (Å²) in [6, 6.07) is 13.7. The number of carbonyl (C=O) groups is 1. The van der Waals surface area contributed by atoms with E-state index in [1.165, 1.54) is 6.07 Å². The summed E-state index contributed by atoms with van der Waals surface area (Å²) in [7, 11) is 0. The third kappa shape index (κ3) is 5.61. The number of allylic oxidation sites excluding steroid dienone is 1. The van der Waals surface area contributed by atoms with E-state index < -0.39 is 11.6 Å². The van der Waals surface area contributed by atoms with E-state index in [4.69, 9.17) is 9.47 Å². The second-order valence-electron chi connectivity index (χ2n) is 6.97. The number of esters is 1. The lowest BCUT2D eigenvalue weighted by molar-refractivity contribution is -0.163. The zero-order valence-electron chi connectivity index (χ0n) is 16.4. The smallest absolute Gasteiger partial charge is 0.350 e. The topological polar surface area (TPSA) is 88.4 Å². The molecule has 0 heterocycles. The molecule has 0 bridgehead atoms. The van der Waals surface area contributed by atoms with Crippen LogP contribution < -0.4 is 4.74 Å². The summed E-state index contributed by atoms with van der Waals surface area (Å²) in [6.45, 7) is 6.88. The molecule has 0 aliphatic carbocycles. The second-order valence-corrected chi connectivity index (χ2v) is 6.97. The zero-order chi connectivity index (χ0) is 20.7. The summed E-state index contributed by atoms with van der Waals surface area (Å²) in [5.41, 5.74) is 0.373. The highest BCUT2D eigenvalue weighted by atomic mass is 16.6. The Balaban J connectivity index is 2.09. The molecule has 0 spiro atoms. The normalized spacial score (nSPS) is 12.4. The van der Waals surface area contributed by atoms with Crippen molar-refractivity contribution in [2.75, 3.05) is 0 Å². The molecule has 28 heavy (non-hydrogen) atoms. The number of phenols is 1. The molecule has 0 radical (unpaired) electrons. The summed E-state index contributed by atoms with van der Waals surface area (Å²) in [5, 5.41) is 22.3. The molecule has 6 heteroatoms. The monoisotopic (exact) mass is 383 g/mol. The molecule has 0 fully saturated rings. The van der Waals surface area contributed by atoms with E-state index in [-0.39, 0.29) is 17.6 Å². The SMILES string of the molecule is CC(C)OC(=O)C(C)(C)Oc1ccc(/C=C/C(=N/O)c2ccccc2O)cc1. The minimum atomic E-state index is -1.11. The van der Waals surface area contributed by atoms with Crippen LogP contribution in [0.3, 0.4) is 0 Å². The van der Waals surface area contributed by atoms with Crippen molar-refractivity contribution < 1.29 is 24.6 Å². The largest absolute Gasteiger partial charge is 0.507 e. The molecule has 0 atom stereocenters. The van der Waals surface area contributed by atoms with Crippen molar-refractivity contribution in [2.45, 2.75) is 39.4 Å². The molecule has 6 nitrogen and oxygen atoms in total. The highest BCUT2D eigenvalue weighted by Gasteiger charge is 2.32. The molecule has 2 N–H and O–H groups in total. The molecule has 148 valence electrons. The molecule has 0 saturated heterocycles. The van der Waals surface area contributed by atoms with E-state index in [9.17, 15) is 15.1 Å². The van der Waals surface area contributed by atoms with Crippen molar-refractivity contribution >= 4 is 17.8 Å². The van der Waals surface area contributed by atoms with Crippen molar-refractivity contribution in [2.24, 2.45) is 5.16 Å². The van der Waals surface area contributed by atoms with Crippen molar-refractivity contribution in [3.05, 3.63) is 65.7 Å². The number of ether oxygens (including phenoxy) is 2. The van der Waals surface area contributed by atoms with Crippen LogP contribution in [0.25, 0.3) is 6.08 Å². The molecule has 0 aliphatic heterocycles. The number of aromatic hydroxyl groups is 1. The van der Waals surface area contributed by atoms with Crippen LogP contribution in [0.15, 0.2) is 59.8 Å². The number of phenolic OH excluding ortho intramolecular Hbond substituents is 1. The van der Waals surface area contributed by atoms with Crippen LogP contribution in [0.4, 0.5) is 0 Å². The molecular weight excluding hydrogens is 358 g/mol. The predicted octanol–water partition coefficient (Wildman–Crippen LogP) is 4.39. The quantitative estimate of drug-likeness (QED) is 0.320. The predicted molar refractivity (Wildman–Crippen MR) is 108 cm³/mol. The van der Waals surface area contributed by atoms with Gasteiger partial charge in [0.1, 0.15) is 17.2 Å². The number of carbonyl (C=O) groups excluding carboxylic acids is 1. The molecule has 2 aromatic rings. The maximum Gasteiger partial charge on any atom is 0.350 e. The highest BCUT2D eigenvalue weighted by Crippen LogP contribution is 2.22. The summed E-state index contributed by atoms with van der Waals surface area (Å²) in [5.74, 6) is 0.122. The first-order valence-corrected chi connectivity index (χ1v) is 8.91. The molecular formula is C22H25NO5. The fourth-order valence-electron chi connectivity index (χ4n) is 2.38. The van der Waals surface area contributed by atoms with Gasteiger partial charge in [-0.3, -0.25) is 0 Å². The van der Waals surface area contributed by atoms with Crippen LogP contribution >= 0.6 is 0 Å². The minimum absolute atomic E-state index is 0.0270. The summed E-state index contributed by atoms with van der Waals surface area (Å²) in [6.07, 6.45) is 3.12. The van der Waals surface area contributed by atoms with Crippen LogP contribution in [-0.2, 0) is 9.53 Å². The third-order valence-electron chi connectivity index (χ3n) is 3.81. The number of para-hydroxylation sites is 1. The first-order valence-electron chi connectivity index (χ1n) is 8.91. The van der Waals surface area contributed by atoms with Crippen LogP contribution in [0.5, 0.6) is 11.5 Å². The second kappa shape index (κ2) is 9.08.